The van der Waals surface area contributed by atoms with Crippen molar-refractivity contribution in [3.05, 3.63) is 63.6 Å². The average molecular weight is 341 g/mol. The Balaban J connectivity index is 1.67. The Morgan fingerprint density at radius 1 is 1.28 bits per heavy atom. The van der Waals surface area contributed by atoms with Gasteiger partial charge >= 0.3 is 0 Å². The molecule has 2 atom stereocenters. The van der Waals surface area contributed by atoms with Gasteiger partial charge in [-0.05, 0) is 31.4 Å². The number of rotatable bonds is 4. The molecule has 1 aromatic carbocycles. The van der Waals surface area contributed by atoms with Crippen molar-refractivity contribution in [1.82, 2.24) is 15.1 Å². The molecule has 1 N–H and O–H groups in total. The molecule has 3 rings (SSSR count). The van der Waals surface area contributed by atoms with Crippen molar-refractivity contribution in [3.8, 4) is 0 Å². The van der Waals surface area contributed by atoms with Crippen LogP contribution in [-0.4, -0.2) is 28.8 Å². The highest BCUT2D eigenvalue weighted by Crippen LogP contribution is 2.33. The van der Waals surface area contributed by atoms with E-state index in [1.54, 1.807) is 0 Å². The van der Waals surface area contributed by atoms with E-state index in [2.05, 4.69) is 41.6 Å². The monoisotopic (exact) mass is 341 g/mol. The van der Waals surface area contributed by atoms with Gasteiger partial charge in [0.1, 0.15) is 5.69 Å². The Hall–Kier alpha value is -2.47. The number of carbonyl (C=O) groups is 1. The summed E-state index contributed by atoms with van der Waals surface area (Å²) >= 11 is 0. The molecule has 1 amide bonds. The maximum Gasteiger partial charge on any atom is 0.271 e. The van der Waals surface area contributed by atoms with Gasteiger partial charge in [0.2, 0.25) is 0 Å². The molecular weight excluding hydrogens is 318 g/mol. The fraction of sp³-hybridized carbons (Fsp3) is 0.421. The molecule has 132 valence electrons. The maximum absolute atomic E-state index is 12.3. The summed E-state index contributed by atoms with van der Waals surface area (Å²) < 4.78 is 7.14. The molecule has 1 saturated heterocycles. The molecule has 1 aromatic heterocycles. The molecule has 0 saturated carbocycles. The third-order valence-electron chi connectivity index (χ3n) is 4.57. The zero-order chi connectivity index (χ0) is 17.8. The first-order valence-corrected chi connectivity index (χ1v) is 8.55. The topological polar surface area (TPSA) is 73.2 Å². The van der Waals surface area contributed by atoms with Gasteiger partial charge in [0, 0.05) is 32.2 Å². The maximum atomic E-state index is 12.3. The number of benzene rings is 1. The quantitative estimate of drug-likeness (QED) is 0.923. The van der Waals surface area contributed by atoms with Crippen LogP contribution in [0.25, 0.3) is 0 Å². The molecule has 0 aliphatic carbocycles. The van der Waals surface area contributed by atoms with E-state index in [9.17, 15) is 9.59 Å². The second-order valence-electron chi connectivity index (χ2n) is 6.49. The molecular formula is C19H23N3O3. The fourth-order valence-corrected chi connectivity index (χ4v) is 3.11. The van der Waals surface area contributed by atoms with Gasteiger partial charge in [0.05, 0.1) is 6.10 Å². The summed E-state index contributed by atoms with van der Waals surface area (Å²) in [4.78, 5) is 23.7. The second-order valence-corrected chi connectivity index (χ2v) is 6.49. The molecule has 1 fully saturated rings. The Labute approximate surface area is 146 Å². The van der Waals surface area contributed by atoms with Crippen LogP contribution in [0.5, 0.6) is 0 Å². The van der Waals surface area contributed by atoms with Crippen LogP contribution in [-0.2, 0) is 11.8 Å². The lowest BCUT2D eigenvalue weighted by molar-refractivity contribution is -0.0272. The molecule has 6 heteroatoms. The number of hydrogen-bond acceptors (Lipinski definition) is 4. The normalized spacial score (nSPS) is 20.2. The summed E-state index contributed by atoms with van der Waals surface area (Å²) in [5.74, 6) is -0.0585. The minimum Gasteiger partial charge on any atom is -0.373 e. The number of ether oxygens (including phenoxy) is 1. The number of aromatic nitrogens is 2. The highest BCUT2D eigenvalue weighted by Gasteiger charge is 2.28. The fourth-order valence-electron chi connectivity index (χ4n) is 3.11. The number of hydrogen-bond donors (Lipinski definition) is 1. The first-order valence-electron chi connectivity index (χ1n) is 8.55. The minimum atomic E-state index is -0.274. The van der Waals surface area contributed by atoms with Gasteiger partial charge in [-0.15, -0.1) is 0 Å². The third-order valence-corrected chi connectivity index (χ3v) is 4.57. The number of carbonyl (C=O) groups excluding carboxylic acids is 1. The summed E-state index contributed by atoms with van der Waals surface area (Å²) in [6.07, 6.45) is 1.98. The van der Waals surface area contributed by atoms with Crippen molar-refractivity contribution in [2.24, 2.45) is 13.0 Å². The Kier molecular flexibility index (Phi) is 5.28. The summed E-state index contributed by atoms with van der Waals surface area (Å²) in [6, 6.07) is 11.1. The third kappa shape index (κ3) is 4.14. The van der Waals surface area contributed by atoms with E-state index in [1.807, 2.05) is 0 Å². The largest absolute Gasteiger partial charge is 0.373 e. The first-order chi connectivity index (χ1) is 12.0. The molecule has 0 bridgehead atoms. The van der Waals surface area contributed by atoms with E-state index in [0.29, 0.717) is 6.54 Å². The lowest BCUT2D eigenvalue weighted by atomic mass is 9.89. The van der Waals surface area contributed by atoms with Crippen LogP contribution in [0.2, 0.25) is 0 Å². The number of nitrogens with one attached hydrogen (secondary N) is 1. The van der Waals surface area contributed by atoms with Crippen LogP contribution in [0.4, 0.5) is 0 Å². The SMILES string of the molecule is Cc1ccc([C@H]2OCCC[C@@H]2CNC(=O)c2ccc(=O)n(C)n2)cc1. The lowest BCUT2D eigenvalue weighted by Crippen LogP contribution is -2.36. The summed E-state index contributed by atoms with van der Waals surface area (Å²) in [7, 11) is 1.53. The van der Waals surface area contributed by atoms with Crippen molar-refractivity contribution in [3.63, 3.8) is 0 Å². The first kappa shape index (κ1) is 17.4. The molecule has 1 aliphatic heterocycles. The van der Waals surface area contributed by atoms with Gasteiger partial charge in [0.25, 0.3) is 11.5 Å². The zero-order valence-corrected chi connectivity index (χ0v) is 14.6. The van der Waals surface area contributed by atoms with Crippen molar-refractivity contribution in [2.45, 2.75) is 25.9 Å². The van der Waals surface area contributed by atoms with Crippen molar-refractivity contribution in [1.29, 1.82) is 0 Å². The molecule has 1 aliphatic rings. The van der Waals surface area contributed by atoms with Gasteiger partial charge < -0.3 is 10.1 Å². The number of nitrogens with zero attached hydrogens (tertiary/aromatic N) is 2. The Morgan fingerprint density at radius 3 is 2.76 bits per heavy atom. The van der Waals surface area contributed by atoms with Crippen LogP contribution in [0, 0.1) is 12.8 Å². The van der Waals surface area contributed by atoms with E-state index in [0.717, 1.165) is 29.7 Å². The minimum absolute atomic E-state index is 0.0114. The standard InChI is InChI=1S/C19H23N3O3/c1-13-5-7-14(8-6-13)18-15(4-3-11-25-18)12-20-19(24)16-9-10-17(23)22(2)21-16/h5-10,15,18H,3-4,11-12H2,1-2H3,(H,20,24)/t15-,18-/m1/s1. The molecule has 0 radical (unpaired) electrons. The molecule has 6 nitrogen and oxygen atoms in total. The van der Waals surface area contributed by atoms with E-state index >= 15 is 0 Å². The second kappa shape index (κ2) is 7.61. The van der Waals surface area contributed by atoms with Crippen molar-refractivity contribution < 1.29 is 9.53 Å². The van der Waals surface area contributed by atoms with Gasteiger partial charge in [-0.2, -0.15) is 5.10 Å². The molecule has 0 unspecified atom stereocenters. The van der Waals surface area contributed by atoms with Crippen LogP contribution in [0.1, 0.15) is 40.6 Å². The number of aryl methyl sites for hydroxylation is 2. The molecule has 2 aromatic rings. The summed E-state index contributed by atoms with van der Waals surface area (Å²) in [5.41, 5.74) is 2.36. The van der Waals surface area contributed by atoms with Crippen LogP contribution in [0.3, 0.4) is 0 Å². The van der Waals surface area contributed by atoms with Gasteiger partial charge in [-0.1, -0.05) is 29.8 Å². The van der Waals surface area contributed by atoms with Crippen molar-refractivity contribution >= 4 is 5.91 Å². The van der Waals surface area contributed by atoms with Gasteiger partial charge in [0.15, 0.2) is 0 Å². The zero-order valence-electron chi connectivity index (χ0n) is 14.6. The predicted octanol–water partition coefficient (Wildman–Crippen LogP) is 1.99. The highest BCUT2D eigenvalue weighted by atomic mass is 16.5. The van der Waals surface area contributed by atoms with E-state index < -0.39 is 0 Å². The Morgan fingerprint density at radius 2 is 2.04 bits per heavy atom. The molecule has 2 heterocycles. The molecule has 25 heavy (non-hydrogen) atoms. The molecule has 0 spiro atoms. The van der Waals surface area contributed by atoms with E-state index in [1.165, 1.54) is 24.7 Å². The smallest absolute Gasteiger partial charge is 0.271 e. The van der Waals surface area contributed by atoms with Gasteiger partial charge in [-0.3, -0.25) is 9.59 Å². The summed E-state index contributed by atoms with van der Waals surface area (Å²) in [5, 5.41) is 6.91. The number of amides is 1. The van der Waals surface area contributed by atoms with Crippen LogP contribution < -0.4 is 10.9 Å². The van der Waals surface area contributed by atoms with E-state index in [4.69, 9.17) is 4.74 Å². The van der Waals surface area contributed by atoms with Crippen molar-refractivity contribution in [2.75, 3.05) is 13.2 Å². The van der Waals surface area contributed by atoms with E-state index in [-0.39, 0.29) is 29.2 Å². The highest BCUT2D eigenvalue weighted by molar-refractivity contribution is 5.91. The lowest BCUT2D eigenvalue weighted by Gasteiger charge is -2.32. The predicted molar refractivity (Wildman–Crippen MR) is 94.4 cm³/mol. The average Bonchev–Trinajstić information content (AvgIpc) is 2.63. The summed E-state index contributed by atoms with van der Waals surface area (Å²) in [6.45, 7) is 3.32. The van der Waals surface area contributed by atoms with Crippen LogP contribution >= 0.6 is 0 Å². The van der Waals surface area contributed by atoms with Crippen LogP contribution in [0.15, 0.2) is 41.2 Å². The Bertz CT molecular complexity index is 798. The van der Waals surface area contributed by atoms with Gasteiger partial charge in [-0.25, -0.2) is 4.68 Å².